The smallest absolute Gasteiger partial charge is 0.255 e. The molecule has 0 aliphatic heterocycles. The molecule has 18 heavy (non-hydrogen) atoms. The molecule has 100 valence electrons. The zero-order chi connectivity index (χ0) is 13.7. The summed E-state index contributed by atoms with van der Waals surface area (Å²) in [6.07, 6.45) is 4.34. The monoisotopic (exact) mass is 287 g/mol. The number of amides is 1. The number of hydrogen-bond donors (Lipinski definition) is 1. The lowest BCUT2D eigenvalue weighted by Gasteiger charge is -2.27. The number of aromatic nitrogens is 1. The summed E-state index contributed by atoms with van der Waals surface area (Å²) in [5.41, 5.74) is 6.00. The van der Waals surface area contributed by atoms with E-state index in [-0.39, 0.29) is 11.9 Å². The third-order valence-electron chi connectivity index (χ3n) is 2.81. The van der Waals surface area contributed by atoms with Gasteiger partial charge in [0.1, 0.15) is 5.82 Å². The molecule has 0 saturated carbocycles. The number of anilines is 1. The minimum Gasteiger partial charge on any atom is -0.384 e. The molecular formula is C12H18ClN3OS. The van der Waals surface area contributed by atoms with Crippen molar-refractivity contribution in [3.63, 3.8) is 0 Å². The predicted molar refractivity (Wildman–Crippen MR) is 78.2 cm³/mol. The van der Waals surface area contributed by atoms with Gasteiger partial charge in [-0.3, -0.25) is 4.79 Å². The minimum absolute atomic E-state index is 0.116. The minimum atomic E-state index is -0.116. The Morgan fingerprint density at radius 3 is 2.89 bits per heavy atom. The number of thioether (sulfide) groups is 1. The van der Waals surface area contributed by atoms with Crippen molar-refractivity contribution in [3.8, 4) is 0 Å². The first-order valence-corrected chi connectivity index (χ1v) is 7.45. The highest BCUT2D eigenvalue weighted by Crippen LogP contribution is 2.20. The maximum Gasteiger partial charge on any atom is 0.255 e. The van der Waals surface area contributed by atoms with E-state index in [2.05, 4.69) is 11.9 Å². The van der Waals surface area contributed by atoms with Crippen LogP contribution in [0.1, 0.15) is 23.7 Å². The van der Waals surface area contributed by atoms with Crippen LogP contribution in [-0.4, -0.2) is 40.9 Å². The molecule has 1 amide bonds. The second kappa shape index (κ2) is 6.85. The van der Waals surface area contributed by atoms with Crippen molar-refractivity contribution in [2.24, 2.45) is 0 Å². The van der Waals surface area contributed by atoms with E-state index in [0.29, 0.717) is 16.4 Å². The Balaban J connectivity index is 2.95. The van der Waals surface area contributed by atoms with Crippen LogP contribution in [0, 0.1) is 0 Å². The number of nitrogens with zero attached hydrogens (tertiary/aromatic N) is 2. The van der Waals surface area contributed by atoms with E-state index in [0.717, 1.165) is 12.2 Å². The van der Waals surface area contributed by atoms with Crippen molar-refractivity contribution in [1.29, 1.82) is 0 Å². The van der Waals surface area contributed by atoms with Crippen LogP contribution < -0.4 is 5.73 Å². The molecule has 1 aromatic heterocycles. The van der Waals surface area contributed by atoms with Crippen molar-refractivity contribution >= 4 is 35.1 Å². The van der Waals surface area contributed by atoms with Gasteiger partial charge in [-0.1, -0.05) is 18.5 Å². The lowest BCUT2D eigenvalue weighted by Crippen LogP contribution is -2.38. The van der Waals surface area contributed by atoms with Crippen LogP contribution in [0.3, 0.4) is 0 Å². The fraction of sp³-hybridized carbons (Fsp3) is 0.500. The van der Waals surface area contributed by atoms with Crippen molar-refractivity contribution in [2.45, 2.75) is 19.4 Å². The van der Waals surface area contributed by atoms with E-state index < -0.39 is 0 Å². The number of nitrogen functional groups attached to an aromatic ring is 1. The fourth-order valence-corrected chi connectivity index (χ4v) is 2.70. The van der Waals surface area contributed by atoms with E-state index in [9.17, 15) is 4.79 Å². The van der Waals surface area contributed by atoms with Gasteiger partial charge in [0, 0.05) is 25.0 Å². The number of pyridine rings is 1. The summed E-state index contributed by atoms with van der Waals surface area (Å²) < 4.78 is 0. The molecule has 0 fully saturated rings. The van der Waals surface area contributed by atoms with Gasteiger partial charge >= 0.3 is 0 Å². The average Bonchev–Trinajstić information content (AvgIpc) is 2.37. The number of rotatable bonds is 5. The lowest BCUT2D eigenvalue weighted by atomic mass is 10.1. The summed E-state index contributed by atoms with van der Waals surface area (Å²) in [6, 6.07) is 1.71. The quantitative estimate of drug-likeness (QED) is 0.904. The molecular weight excluding hydrogens is 270 g/mol. The van der Waals surface area contributed by atoms with Gasteiger partial charge in [0.2, 0.25) is 0 Å². The maximum absolute atomic E-state index is 12.3. The highest BCUT2D eigenvalue weighted by molar-refractivity contribution is 7.98. The van der Waals surface area contributed by atoms with Crippen LogP contribution in [0.2, 0.25) is 5.02 Å². The van der Waals surface area contributed by atoms with Gasteiger partial charge in [0.15, 0.2) is 0 Å². The number of carbonyl (C=O) groups excluding carboxylic acids is 1. The van der Waals surface area contributed by atoms with E-state index in [1.807, 2.05) is 6.26 Å². The first kappa shape index (κ1) is 15.1. The number of halogens is 1. The van der Waals surface area contributed by atoms with E-state index in [1.54, 1.807) is 23.7 Å². The second-order valence-corrected chi connectivity index (χ2v) is 5.34. The van der Waals surface area contributed by atoms with Gasteiger partial charge in [-0.05, 0) is 18.7 Å². The third-order valence-corrected chi connectivity index (χ3v) is 3.82. The van der Waals surface area contributed by atoms with Crippen LogP contribution in [0.15, 0.2) is 12.3 Å². The summed E-state index contributed by atoms with van der Waals surface area (Å²) in [6.45, 7) is 2.06. The molecule has 0 aliphatic rings. The Morgan fingerprint density at radius 2 is 2.33 bits per heavy atom. The van der Waals surface area contributed by atoms with Crippen molar-refractivity contribution in [2.75, 3.05) is 24.8 Å². The van der Waals surface area contributed by atoms with Gasteiger partial charge in [-0.2, -0.15) is 11.8 Å². The molecule has 2 N–H and O–H groups in total. The summed E-state index contributed by atoms with van der Waals surface area (Å²) in [5.74, 6) is 1.08. The number of nitrogens with two attached hydrogens (primary N) is 1. The third kappa shape index (κ3) is 3.53. The Hall–Kier alpha value is -0.940. The molecule has 1 rings (SSSR count). The van der Waals surface area contributed by atoms with Gasteiger partial charge in [-0.15, -0.1) is 0 Å². The molecule has 0 bridgehead atoms. The molecule has 0 saturated heterocycles. The molecule has 1 atom stereocenters. The van der Waals surface area contributed by atoms with Crippen LogP contribution in [0.4, 0.5) is 5.82 Å². The summed E-state index contributed by atoms with van der Waals surface area (Å²) >= 11 is 7.71. The molecule has 0 spiro atoms. The maximum atomic E-state index is 12.3. The highest BCUT2D eigenvalue weighted by atomic mass is 35.5. The standard InChI is InChI=1S/C12H18ClN3OS/c1-4-8(7-18-3)16(2)12(17)9-5-11(14)15-6-10(9)13/h5-6,8H,4,7H2,1-3H3,(H2,14,15). The van der Waals surface area contributed by atoms with E-state index >= 15 is 0 Å². The van der Waals surface area contributed by atoms with Gasteiger partial charge in [0.05, 0.1) is 10.6 Å². The Bertz CT molecular complexity index is 428. The number of hydrogen-bond acceptors (Lipinski definition) is 4. The first-order chi connectivity index (χ1) is 8.51. The van der Waals surface area contributed by atoms with Crippen LogP contribution >= 0.6 is 23.4 Å². The summed E-state index contributed by atoms with van der Waals surface area (Å²) in [5, 5.41) is 0.333. The topological polar surface area (TPSA) is 59.2 Å². The first-order valence-electron chi connectivity index (χ1n) is 5.68. The normalized spacial score (nSPS) is 12.2. The second-order valence-electron chi connectivity index (χ2n) is 4.02. The molecule has 0 radical (unpaired) electrons. The van der Waals surface area contributed by atoms with Gasteiger partial charge < -0.3 is 10.6 Å². The average molecular weight is 288 g/mol. The molecule has 0 aromatic carbocycles. The molecule has 0 aliphatic carbocycles. The molecule has 6 heteroatoms. The van der Waals surface area contributed by atoms with Gasteiger partial charge in [0.25, 0.3) is 5.91 Å². The Labute approximate surface area is 117 Å². The molecule has 1 aromatic rings. The highest BCUT2D eigenvalue weighted by Gasteiger charge is 2.21. The van der Waals surface area contributed by atoms with E-state index in [1.165, 1.54) is 12.3 Å². The summed E-state index contributed by atoms with van der Waals surface area (Å²) in [7, 11) is 1.79. The van der Waals surface area contributed by atoms with Crippen molar-refractivity contribution in [1.82, 2.24) is 9.88 Å². The molecule has 4 nitrogen and oxygen atoms in total. The molecule has 1 unspecified atom stereocenters. The van der Waals surface area contributed by atoms with Crippen LogP contribution in [0.5, 0.6) is 0 Å². The Kier molecular flexibility index (Phi) is 5.75. The fourth-order valence-electron chi connectivity index (χ4n) is 1.67. The number of carbonyl (C=O) groups is 1. The van der Waals surface area contributed by atoms with Crippen molar-refractivity contribution < 1.29 is 4.79 Å². The van der Waals surface area contributed by atoms with Crippen LogP contribution in [-0.2, 0) is 0 Å². The lowest BCUT2D eigenvalue weighted by molar-refractivity contribution is 0.0744. The molecule has 1 heterocycles. The predicted octanol–water partition coefficient (Wildman–Crippen LogP) is 2.53. The Morgan fingerprint density at radius 1 is 1.67 bits per heavy atom. The van der Waals surface area contributed by atoms with Gasteiger partial charge in [-0.25, -0.2) is 4.98 Å². The zero-order valence-corrected chi connectivity index (χ0v) is 12.4. The summed E-state index contributed by atoms with van der Waals surface area (Å²) in [4.78, 5) is 17.9. The van der Waals surface area contributed by atoms with E-state index in [4.69, 9.17) is 17.3 Å². The largest absolute Gasteiger partial charge is 0.384 e. The SMILES string of the molecule is CCC(CSC)N(C)C(=O)c1cc(N)ncc1Cl. The van der Waals surface area contributed by atoms with Crippen molar-refractivity contribution in [3.05, 3.63) is 22.8 Å². The zero-order valence-electron chi connectivity index (χ0n) is 10.8. The van der Waals surface area contributed by atoms with Crippen LogP contribution in [0.25, 0.3) is 0 Å².